The summed E-state index contributed by atoms with van der Waals surface area (Å²) in [4.78, 5) is 12.0. The van der Waals surface area contributed by atoms with Crippen molar-refractivity contribution in [2.45, 2.75) is 50.2 Å². The van der Waals surface area contributed by atoms with Crippen molar-refractivity contribution in [2.75, 3.05) is 20.2 Å². The van der Waals surface area contributed by atoms with Crippen molar-refractivity contribution in [3.63, 3.8) is 0 Å². The van der Waals surface area contributed by atoms with Crippen molar-refractivity contribution < 1.29 is 27.4 Å². The largest absolute Gasteiger partial charge is 0.496 e. The second-order valence-electron chi connectivity index (χ2n) is 6.79. The number of hydrogen-bond donors (Lipinski definition) is 2. The summed E-state index contributed by atoms with van der Waals surface area (Å²) in [5.41, 5.74) is 0.580. The average molecular weight is 372 g/mol. The van der Waals surface area contributed by atoms with E-state index in [0.29, 0.717) is 24.3 Å². The van der Waals surface area contributed by atoms with Gasteiger partial charge in [0.25, 0.3) is 5.92 Å². The molecule has 1 aromatic rings. The maximum absolute atomic E-state index is 14.2. The summed E-state index contributed by atoms with van der Waals surface area (Å²) in [7, 11) is 1.44. The number of halogens is 3. The zero-order valence-corrected chi connectivity index (χ0v) is 14.6. The van der Waals surface area contributed by atoms with Gasteiger partial charge < -0.3 is 20.1 Å². The lowest BCUT2D eigenvalue weighted by atomic mass is 9.91. The van der Waals surface area contributed by atoms with E-state index in [4.69, 9.17) is 9.47 Å². The van der Waals surface area contributed by atoms with Gasteiger partial charge in [-0.2, -0.15) is 0 Å². The van der Waals surface area contributed by atoms with E-state index in [-0.39, 0.29) is 17.7 Å². The lowest BCUT2D eigenvalue weighted by Gasteiger charge is -2.35. The molecule has 0 bridgehead atoms. The highest BCUT2D eigenvalue weighted by molar-refractivity contribution is 5.82. The fourth-order valence-electron chi connectivity index (χ4n) is 3.27. The van der Waals surface area contributed by atoms with Gasteiger partial charge >= 0.3 is 0 Å². The predicted octanol–water partition coefficient (Wildman–Crippen LogP) is 2.42. The van der Waals surface area contributed by atoms with Crippen LogP contribution in [-0.2, 0) is 11.2 Å². The number of methoxy groups -OCH3 is 1. The number of carbonyl (C=O) groups is 1. The van der Waals surface area contributed by atoms with Crippen LogP contribution >= 0.6 is 0 Å². The van der Waals surface area contributed by atoms with Crippen LogP contribution < -0.4 is 20.1 Å². The third-order valence-electron chi connectivity index (χ3n) is 4.75. The minimum absolute atomic E-state index is 0.0622. The lowest BCUT2D eigenvalue weighted by molar-refractivity contribution is -0.135. The molecule has 5 nitrogen and oxygen atoms in total. The minimum Gasteiger partial charge on any atom is -0.496 e. The van der Waals surface area contributed by atoms with E-state index in [9.17, 15) is 18.0 Å². The van der Waals surface area contributed by atoms with Gasteiger partial charge in [0.1, 0.15) is 11.9 Å². The van der Waals surface area contributed by atoms with Gasteiger partial charge in [0.2, 0.25) is 5.91 Å². The van der Waals surface area contributed by atoms with E-state index < -0.39 is 30.7 Å². The van der Waals surface area contributed by atoms with Crippen LogP contribution in [-0.4, -0.2) is 44.2 Å². The molecule has 2 aliphatic rings. The molecular formula is C18H23F3N2O3. The van der Waals surface area contributed by atoms with Crippen LogP contribution in [0.25, 0.3) is 0 Å². The van der Waals surface area contributed by atoms with Gasteiger partial charge in [-0.05, 0) is 37.4 Å². The zero-order chi connectivity index (χ0) is 18.7. The molecule has 0 unspecified atom stereocenters. The summed E-state index contributed by atoms with van der Waals surface area (Å²) in [6.07, 6.45) is 0.686. The van der Waals surface area contributed by atoms with Gasteiger partial charge in [0.15, 0.2) is 11.6 Å². The molecule has 26 heavy (non-hydrogen) atoms. The van der Waals surface area contributed by atoms with E-state index in [1.165, 1.54) is 19.2 Å². The summed E-state index contributed by atoms with van der Waals surface area (Å²) < 4.78 is 50.6. The minimum atomic E-state index is -2.72. The fraction of sp³-hybridized carbons (Fsp3) is 0.611. The molecule has 2 N–H and O–H groups in total. The maximum Gasteiger partial charge on any atom is 0.255 e. The van der Waals surface area contributed by atoms with Gasteiger partial charge in [0, 0.05) is 25.5 Å². The molecule has 8 heteroatoms. The molecule has 1 heterocycles. The molecule has 0 aromatic heterocycles. The molecule has 1 aromatic carbocycles. The van der Waals surface area contributed by atoms with E-state index in [1.807, 2.05) is 0 Å². The third kappa shape index (κ3) is 4.41. The molecule has 0 radical (unpaired) electrons. The fourth-order valence-corrected chi connectivity index (χ4v) is 3.27. The Labute approximate surface area is 150 Å². The van der Waals surface area contributed by atoms with Crippen molar-refractivity contribution >= 4 is 5.91 Å². The second kappa shape index (κ2) is 7.73. The summed E-state index contributed by atoms with van der Waals surface area (Å²) >= 11 is 0. The first-order valence-electron chi connectivity index (χ1n) is 8.80. The van der Waals surface area contributed by atoms with E-state index in [0.717, 1.165) is 19.4 Å². The van der Waals surface area contributed by atoms with Crippen molar-refractivity contribution in [2.24, 2.45) is 0 Å². The van der Waals surface area contributed by atoms with Crippen molar-refractivity contribution in [1.29, 1.82) is 0 Å². The Hall–Kier alpha value is -1.96. The molecule has 1 saturated heterocycles. The molecule has 1 aliphatic carbocycles. The molecule has 1 saturated carbocycles. The van der Waals surface area contributed by atoms with Crippen LogP contribution in [0.1, 0.15) is 31.2 Å². The van der Waals surface area contributed by atoms with Crippen LogP contribution in [0, 0.1) is 5.82 Å². The van der Waals surface area contributed by atoms with E-state index in [1.54, 1.807) is 0 Å². The molecule has 1 amide bonds. The normalized spacial score (nSPS) is 21.9. The number of ether oxygens (including phenoxy) is 2. The van der Waals surface area contributed by atoms with E-state index in [2.05, 4.69) is 10.6 Å². The highest BCUT2D eigenvalue weighted by Gasteiger charge is 2.47. The van der Waals surface area contributed by atoms with Crippen molar-refractivity contribution in [1.82, 2.24) is 10.6 Å². The summed E-state index contributed by atoms with van der Waals surface area (Å²) in [5, 5.41) is 5.94. The highest BCUT2D eigenvalue weighted by Crippen LogP contribution is 2.41. The van der Waals surface area contributed by atoms with Crippen LogP contribution in [0.15, 0.2) is 12.1 Å². The molecular weight excluding hydrogens is 349 g/mol. The second-order valence-corrected chi connectivity index (χ2v) is 6.79. The van der Waals surface area contributed by atoms with Crippen molar-refractivity contribution in [3.8, 4) is 11.5 Å². The summed E-state index contributed by atoms with van der Waals surface area (Å²) in [5.74, 6) is -3.10. The number of amides is 1. The first-order valence-corrected chi connectivity index (χ1v) is 8.80. The van der Waals surface area contributed by atoms with E-state index >= 15 is 0 Å². The maximum atomic E-state index is 14.2. The van der Waals surface area contributed by atoms with Gasteiger partial charge in [-0.25, -0.2) is 13.2 Å². The Bertz CT molecular complexity index is 655. The Balaban J connectivity index is 1.57. The Kier molecular flexibility index (Phi) is 5.60. The summed E-state index contributed by atoms with van der Waals surface area (Å²) in [6, 6.07) is 2.48. The topological polar surface area (TPSA) is 59.6 Å². The quantitative estimate of drug-likeness (QED) is 0.772. The Morgan fingerprint density at radius 1 is 1.35 bits per heavy atom. The predicted molar refractivity (Wildman–Crippen MR) is 89.3 cm³/mol. The zero-order valence-electron chi connectivity index (χ0n) is 14.6. The lowest BCUT2D eigenvalue weighted by Crippen LogP contribution is -2.43. The standard InChI is InChI=1S/C18H23F3N2O3/c1-25-15-8-16(26-12-9-18(20,21)10-12)13(19)7-11(15)4-6-23-17(24)14-3-2-5-22-14/h7-8,12,14,22H,2-6,9-10H2,1H3,(H,23,24)/t14-/m0/s1. The van der Waals surface area contributed by atoms with Gasteiger partial charge in [-0.1, -0.05) is 0 Å². The molecule has 1 atom stereocenters. The molecule has 0 spiro atoms. The SMILES string of the molecule is COc1cc(OC2CC(F)(F)C2)c(F)cc1CCNC(=O)[C@@H]1CCCN1. The van der Waals surface area contributed by atoms with Crippen molar-refractivity contribution in [3.05, 3.63) is 23.5 Å². The number of nitrogens with one attached hydrogen (secondary N) is 2. The Morgan fingerprint density at radius 2 is 2.12 bits per heavy atom. The molecule has 3 rings (SSSR count). The smallest absolute Gasteiger partial charge is 0.255 e. The first-order chi connectivity index (χ1) is 12.4. The van der Waals surface area contributed by atoms with Crippen LogP contribution in [0.5, 0.6) is 11.5 Å². The number of benzene rings is 1. The Morgan fingerprint density at radius 3 is 2.73 bits per heavy atom. The third-order valence-corrected chi connectivity index (χ3v) is 4.75. The number of rotatable bonds is 7. The number of alkyl halides is 2. The van der Waals surface area contributed by atoms with Gasteiger partial charge in [-0.15, -0.1) is 0 Å². The van der Waals surface area contributed by atoms with Crippen LogP contribution in [0.2, 0.25) is 0 Å². The number of carbonyl (C=O) groups excluding carboxylic acids is 1. The van der Waals surface area contributed by atoms with Gasteiger partial charge in [-0.3, -0.25) is 4.79 Å². The molecule has 144 valence electrons. The number of hydrogen-bond acceptors (Lipinski definition) is 4. The molecule has 1 aliphatic heterocycles. The van der Waals surface area contributed by atoms with Crippen LogP contribution in [0.3, 0.4) is 0 Å². The summed E-state index contributed by atoms with van der Waals surface area (Å²) in [6.45, 7) is 1.19. The first kappa shape index (κ1) is 18.8. The molecule has 2 fully saturated rings. The monoisotopic (exact) mass is 372 g/mol. The van der Waals surface area contributed by atoms with Crippen LogP contribution in [0.4, 0.5) is 13.2 Å². The highest BCUT2D eigenvalue weighted by atomic mass is 19.3. The van der Waals surface area contributed by atoms with Gasteiger partial charge in [0.05, 0.1) is 13.2 Å². The average Bonchev–Trinajstić information content (AvgIpc) is 3.09.